The van der Waals surface area contributed by atoms with E-state index in [1.54, 1.807) is 6.07 Å². The van der Waals surface area contributed by atoms with Crippen LogP contribution in [0.3, 0.4) is 0 Å². The summed E-state index contributed by atoms with van der Waals surface area (Å²) in [6.07, 6.45) is 4.74. The molecule has 96 valence electrons. The van der Waals surface area contributed by atoms with Gasteiger partial charge >= 0.3 is 0 Å². The van der Waals surface area contributed by atoms with Gasteiger partial charge in [0.25, 0.3) is 0 Å². The Labute approximate surface area is 110 Å². The number of nitrogen functional groups attached to an aromatic ring is 1. The first-order valence-corrected chi connectivity index (χ1v) is 6.86. The summed E-state index contributed by atoms with van der Waals surface area (Å²) < 4.78 is 15.2. The quantitative estimate of drug-likeness (QED) is 0.666. The van der Waals surface area contributed by atoms with E-state index in [0.717, 1.165) is 29.3 Å². The van der Waals surface area contributed by atoms with E-state index in [9.17, 15) is 4.39 Å². The van der Waals surface area contributed by atoms with Gasteiger partial charge < -0.3 is 10.3 Å². The summed E-state index contributed by atoms with van der Waals surface area (Å²) in [5.74, 6) is 0.488. The van der Waals surface area contributed by atoms with Gasteiger partial charge in [0.05, 0.1) is 6.33 Å². The molecule has 0 aliphatic heterocycles. The van der Waals surface area contributed by atoms with Crippen molar-refractivity contribution in [1.29, 1.82) is 0 Å². The van der Waals surface area contributed by atoms with Crippen molar-refractivity contribution in [1.82, 2.24) is 9.55 Å². The van der Waals surface area contributed by atoms with Crippen molar-refractivity contribution in [3.8, 4) is 0 Å². The number of nitrogens with zero attached hydrogens (tertiary/aromatic N) is 2. The molecule has 1 aromatic heterocycles. The molecule has 0 saturated heterocycles. The topological polar surface area (TPSA) is 43.8 Å². The first-order valence-electron chi connectivity index (χ1n) is 5.87. The largest absolute Gasteiger partial charge is 0.398 e. The van der Waals surface area contributed by atoms with E-state index in [1.165, 1.54) is 23.9 Å². The van der Waals surface area contributed by atoms with Crippen molar-refractivity contribution < 1.29 is 4.39 Å². The third-order valence-electron chi connectivity index (χ3n) is 2.61. The van der Waals surface area contributed by atoms with E-state index in [2.05, 4.69) is 16.5 Å². The van der Waals surface area contributed by atoms with Crippen LogP contribution in [0.25, 0.3) is 0 Å². The summed E-state index contributed by atoms with van der Waals surface area (Å²) in [6, 6.07) is 4.45. The number of imidazole rings is 1. The van der Waals surface area contributed by atoms with Crippen LogP contribution < -0.4 is 5.73 Å². The molecule has 0 fully saturated rings. The molecule has 0 unspecified atom stereocenters. The van der Waals surface area contributed by atoms with Crippen molar-refractivity contribution in [2.45, 2.75) is 30.5 Å². The van der Waals surface area contributed by atoms with Crippen LogP contribution >= 0.6 is 11.8 Å². The summed E-state index contributed by atoms with van der Waals surface area (Å²) in [5, 5.41) is 0. The molecule has 18 heavy (non-hydrogen) atoms. The second-order valence-corrected chi connectivity index (χ2v) is 5.07. The Balaban J connectivity index is 2.06. The van der Waals surface area contributed by atoms with Crippen LogP contribution in [0.15, 0.2) is 35.6 Å². The van der Waals surface area contributed by atoms with Gasteiger partial charge in [-0.15, -0.1) is 11.8 Å². The monoisotopic (exact) mass is 265 g/mol. The minimum atomic E-state index is -0.256. The Kier molecular flexibility index (Phi) is 4.25. The van der Waals surface area contributed by atoms with Crippen LogP contribution in [-0.4, -0.2) is 9.55 Å². The van der Waals surface area contributed by atoms with Gasteiger partial charge in [-0.2, -0.15) is 0 Å². The van der Waals surface area contributed by atoms with Crippen LogP contribution in [0.1, 0.15) is 19.0 Å². The lowest BCUT2D eigenvalue weighted by Gasteiger charge is -2.08. The van der Waals surface area contributed by atoms with E-state index in [4.69, 9.17) is 5.73 Å². The van der Waals surface area contributed by atoms with Crippen LogP contribution in [-0.2, 0) is 12.3 Å². The lowest BCUT2D eigenvalue weighted by molar-refractivity contribution is 0.624. The first-order chi connectivity index (χ1) is 8.70. The van der Waals surface area contributed by atoms with Gasteiger partial charge in [0.1, 0.15) is 5.82 Å². The summed E-state index contributed by atoms with van der Waals surface area (Å²) in [7, 11) is 0. The number of aryl methyl sites for hydroxylation is 1. The molecule has 1 aromatic carbocycles. The first kappa shape index (κ1) is 13.0. The smallest absolute Gasteiger partial charge is 0.124 e. The molecular formula is C13H16FN3S. The average Bonchev–Trinajstić information content (AvgIpc) is 2.78. The van der Waals surface area contributed by atoms with Gasteiger partial charge in [-0.25, -0.2) is 9.37 Å². The minimum Gasteiger partial charge on any atom is -0.398 e. The van der Waals surface area contributed by atoms with Crippen molar-refractivity contribution >= 4 is 17.4 Å². The van der Waals surface area contributed by atoms with Crippen molar-refractivity contribution in [2.75, 3.05) is 5.73 Å². The van der Waals surface area contributed by atoms with Gasteiger partial charge in [0.2, 0.25) is 0 Å². The standard InChI is InChI=1S/C13H16FN3S/c1-2-5-17-9-16-7-11(17)8-18-13-6-10(14)3-4-12(13)15/h3-4,6-7,9H,2,5,8,15H2,1H3. The molecule has 0 aliphatic carbocycles. The van der Waals surface area contributed by atoms with Crippen LogP contribution in [0.5, 0.6) is 0 Å². The summed E-state index contributed by atoms with van der Waals surface area (Å²) in [6.45, 7) is 3.08. The predicted octanol–water partition coefficient (Wildman–Crippen LogP) is 3.31. The van der Waals surface area contributed by atoms with E-state index in [-0.39, 0.29) is 5.82 Å². The van der Waals surface area contributed by atoms with Gasteiger partial charge in [-0.1, -0.05) is 6.92 Å². The molecule has 0 saturated carbocycles. The van der Waals surface area contributed by atoms with Crippen molar-refractivity contribution in [3.63, 3.8) is 0 Å². The maximum atomic E-state index is 13.1. The van der Waals surface area contributed by atoms with Crippen LogP contribution in [0, 0.1) is 5.82 Å². The maximum Gasteiger partial charge on any atom is 0.124 e. The molecule has 0 aliphatic rings. The zero-order valence-electron chi connectivity index (χ0n) is 10.3. The normalized spacial score (nSPS) is 10.8. The lowest BCUT2D eigenvalue weighted by Crippen LogP contribution is -2.00. The highest BCUT2D eigenvalue weighted by Gasteiger charge is 2.06. The molecular weight excluding hydrogens is 249 g/mol. The molecule has 2 rings (SSSR count). The highest BCUT2D eigenvalue weighted by molar-refractivity contribution is 7.98. The van der Waals surface area contributed by atoms with Gasteiger partial charge in [-0.3, -0.25) is 0 Å². The van der Waals surface area contributed by atoms with E-state index in [1.807, 2.05) is 12.5 Å². The number of hydrogen-bond acceptors (Lipinski definition) is 3. The fourth-order valence-corrected chi connectivity index (χ4v) is 2.67. The van der Waals surface area contributed by atoms with Crippen molar-refractivity contribution in [2.24, 2.45) is 0 Å². The number of hydrogen-bond donors (Lipinski definition) is 1. The minimum absolute atomic E-state index is 0.256. The fraction of sp³-hybridized carbons (Fsp3) is 0.308. The number of halogens is 1. The molecule has 3 nitrogen and oxygen atoms in total. The highest BCUT2D eigenvalue weighted by Crippen LogP contribution is 2.28. The maximum absolute atomic E-state index is 13.1. The molecule has 0 atom stereocenters. The number of nitrogens with two attached hydrogens (primary N) is 1. The number of anilines is 1. The van der Waals surface area contributed by atoms with E-state index in [0.29, 0.717) is 5.69 Å². The third-order valence-corrected chi connectivity index (χ3v) is 3.72. The Bertz CT molecular complexity index is 525. The number of aromatic nitrogens is 2. The zero-order chi connectivity index (χ0) is 13.0. The molecule has 2 N–H and O–H groups in total. The Hall–Kier alpha value is -1.49. The molecule has 2 aromatic rings. The average molecular weight is 265 g/mol. The second kappa shape index (κ2) is 5.91. The van der Waals surface area contributed by atoms with Crippen LogP contribution in [0.4, 0.5) is 10.1 Å². The molecule has 0 amide bonds. The number of thioether (sulfide) groups is 1. The van der Waals surface area contributed by atoms with E-state index < -0.39 is 0 Å². The van der Waals surface area contributed by atoms with Gasteiger partial charge in [0.15, 0.2) is 0 Å². The Morgan fingerprint density at radius 2 is 2.28 bits per heavy atom. The van der Waals surface area contributed by atoms with Crippen LogP contribution in [0.2, 0.25) is 0 Å². The van der Waals surface area contributed by atoms with Gasteiger partial charge in [-0.05, 0) is 24.6 Å². The SMILES string of the molecule is CCCn1cncc1CSc1cc(F)ccc1N. The fourth-order valence-electron chi connectivity index (χ4n) is 1.70. The molecule has 0 spiro atoms. The molecule has 0 bridgehead atoms. The highest BCUT2D eigenvalue weighted by atomic mass is 32.2. The van der Waals surface area contributed by atoms with Gasteiger partial charge in [0, 0.05) is 34.8 Å². The Morgan fingerprint density at radius 1 is 1.44 bits per heavy atom. The third kappa shape index (κ3) is 3.04. The number of benzene rings is 1. The molecule has 1 heterocycles. The second-order valence-electron chi connectivity index (χ2n) is 4.05. The zero-order valence-corrected chi connectivity index (χ0v) is 11.1. The van der Waals surface area contributed by atoms with E-state index >= 15 is 0 Å². The number of rotatable bonds is 5. The summed E-state index contributed by atoms with van der Waals surface area (Å²) in [4.78, 5) is 4.91. The molecule has 0 radical (unpaired) electrons. The Morgan fingerprint density at radius 3 is 3.06 bits per heavy atom. The lowest BCUT2D eigenvalue weighted by atomic mass is 10.3. The predicted molar refractivity (Wildman–Crippen MR) is 72.9 cm³/mol. The summed E-state index contributed by atoms with van der Waals surface area (Å²) in [5.41, 5.74) is 7.56. The summed E-state index contributed by atoms with van der Waals surface area (Å²) >= 11 is 1.53. The molecule has 5 heteroatoms. The van der Waals surface area contributed by atoms with Crippen molar-refractivity contribution in [3.05, 3.63) is 42.2 Å².